The van der Waals surface area contributed by atoms with Crippen LogP contribution in [0.1, 0.15) is 32.3 Å². The molecular weight excluding hydrogens is 278 g/mol. The molecule has 0 spiro atoms. The lowest BCUT2D eigenvalue weighted by Gasteiger charge is -2.35. The number of hydrogen-bond donors (Lipinski definition) is 1. The molecule has 0 amide bonds. The predicted octanol–water partition coefficient (Wildman–Crippen LogP) is 3.76. The summed E-state index contributed by atoms with van der Waals surface area (Å²) in [5.74, 6) is -0.00198. The number of nitrogens with zero attached hydrogens (tertiary/aromatic N) is 1. The van der Waals surface area contributed by atoms with Crippen LogP contribution in [0.5, 0.6) is 0 Å². The number of halogens is 2. The summed E-state index contributed by atoms with van der Waals surface area (Å²) in [7, 11) is 0. The Kier molecular flexibility index (Phi) is 5.02. The topological polar surface area (TPSA) is 24.4 Å². The average Bonchev–Trinajstić information content (AvgIpc) is 2.38. The number of benzene rings is 1. The molecule has 0 radical (unpaired) electrons. The smallest absolute Gasteiger partial charge is 0.156 e. The number of nitrogens with one attached hydrogen (secondary N) is 1. The third-order valence-corrected chi connectivity index (χ3v) is 4.57. The van der Waals surface area contributed by atoms with Gasteiger partial charge in [-0.05, 0) is 43.9 Å². The summed E-state index contributed by atoms with van der Waals surface area (Å²) in [6.45, 7) is 4.90. The largest absolute Gasteiger partial charge is 0.360 e. The van der Waals surface area contributed by atoms with Gasteiger partial charge >= 0.3 is 0 Å². The van der Waals surface area contributed by atoms with E-state index in [2.05, 4.69) is 24.2 Å². The van der Waals surface area contributed by atoms with E-state index in [-0.39, 0.29) is 5.54 Å². The van der Waals surface area contributed by atoms with E-state index in [1.807, 2.05) is 0 Å². The van der Waals surface area contributed by atoms with Crippen molar-refractivity contribution < 1.29 is 8.78 Å². The lowest BCUT2D eigenvalue weighted by atomic mass is 9.96. The molecular formula is C15H20F2N2S. The van der Waals surface area contributed by atoms with Crippen LogP contribution >= 0.6 is 11.8 Å². The molecule has 0 aliphatic carbocycles. The maximum Gasteiger partial charge on any atom is 0.156 e. The molecule has 5 heteroatoms. The van der Waals surface area contributed by atoms with Crippen LogP contribution in [0.3, 0.4) is 0 Å². The molecule has 1 saturated heterocycles. The van der Waals surface area contributed by atoms with Crippen molar-refractivity contribution in [1.29, 1.82) is 0 Å². The minimum absolute atomic E-state index is 0.120. The average molecular weight is 298 g/mol. The minimum atomic E-state index is -0.531. The highest BCUT2D eigenvalue weighted by Crippen LogP contribution is 2.24. The van der Waals surface area contributed by atoms with E-state index >= 15 is 0 Å². The first-order valence-electron chi connectivity index (χ1n) is 6.91. The molecule has 1 N–H and O–H groups in total. The normalized spacial score (nSPS) is 24.7. The Hall–Kier alpha value is -1.10. The van der Waals surface area contributed by atoms with E-state index in [9.17, 15) is 8.78 Å². The molecule has 1 heterocycles. The van der Waals surface area contributed by atoms with Gasteiger partial charge < -0.3 is 5.32 Å². The first kappa shape index (κ1) is 15.3. The second-order valence-corrected chi connectivity index (χ2v) is 6.44. The molecule has 1 atom stereocenters. The maximum absolute atomic E-state index is 13.1. The second kappa shape index (κ2) is 6.57. The molecule has 1 aromatic carbocycles. The monoisotopic (exact) mass is 298 g/mol. The minimum Gasteiger partial charge on any atom is -0.360 e. The lowest BCUT2D eigenvalue weighted by Crippen LogP contribution is -2.48. The molecule has 1 aliphatic rings. The molecule has 0 bridgehead atoms. The standard InChI is InChI=1S/C15H20F2N2S/c1-3-15(2)5-7-20-14(19-15)18-6-4-11-8-12(16)10-13(17)9-11/h8-10H,3-7H2,1-2H3,(H,18,19). The quantitative estimate of drug-likeness (QED) is 0.915. The van der Waals surface area contributed by atoms with Crippen molar-refractivity contribution in [2.24, 2.45) is 4.99 Å². The van der Waals surface area contributed by atoms with Crippen LogP contribution in [0.25, 0.3) is 0 Å². The molecule has 1 aliphatic heterocycles. The Morgan fingerprint density at radius 3 is 2.65 bits per heavy atom. The van der Waals surface area contributed by atoms with E-state index in [0.717, 1.165) is 29.8 Å². The molecule has 2 nitrogen and oxygen atoms in total. The molecule has 1 fully saturated rings. The summed E-state index contributed by atoms with van der Waals surface area (Å²) in [4.78, 5) is 4.50. The van der Waals surface area contributed by atoms with Gasteiger partial charge in [0, 0.05) is 23.9 Å². The van der Waals surface area contributed by atoms with Gasteiger partial charge in [-0.2, -0.15) is 0 Å². The Labute approximate surface area is 123 Å². The fraction of sp³-hybridized carbons (Fsp3) is 0.533. The zero-order chi connectivity index (χ0) is 14.6. The summed E-state index contributed by atoms with van der Waals surface area (Å²) in [5, 5.41) is 4.40. The van der Waals surface area contributed by atoms with Crippen molar-refractivity contribution in [3.63, 3.8) is 0 Å². The zero-order valence-corrected chi connectivity index (χ0v) is 12.7. The molecule has 110 valence electrons. The SMILES string of the molecule is CCC1(C)CCSC(=NCCc2cc(F)cc(F)c2)N1. The third kappa shape index (κ3) is 4.20. The van der Waals surface area contributed by atoms with Crippen molar-refractivity contribution >= 4 is 16.9 Å². The summed E-state index contributed by atoms with van der Waals surface area (Å²) in [6.07, 6.45) is 2.73. The van der Waals surface area contributed by atoms with Gasteiger partial charge in [0.05, 0.1) is 0 Å². The highest BCUT2D eigenvalue weighted by molar-refractivity contribution is 8.13. The van der Waals surface area contributed by atoms with Gasteiger partial charge in [0.2, 0.25) is 0 Å². The maximum atomic E-state index is 13.1. The highest BCUT2D eigenvalue weighted by atomic mass is 32.2. The van der Waals surface area contributed by atoms with Crippen molar-refractivity contribution in [2.45, 2.75) is 38.6 Å². The van der Waals surface area contributed by atoms with E-state index in [4.69, 9.17) is 0 Å². The zero-order valence-electron chi connectivity index (χ0n) is 11.9. The van der Waals surface area contributed by atoms with E-state index < -0.39 is 11.6 Å². The van der Waals surface area contributed by atoms with Gasteiger partial charge in [0.25, 0.3) is 0 Å². The fourth-order valence-electron chi connectivity index (χ4n) is 2.12. The van der Waals surface area contributed by atoms with Crippen molar-refractivity contribution in [1.82, 2.24) is 5.32 Å². The van der Waals surface area contributed by atoms with Crippen LogP contribution in [-0.4, -0.2) is 23.0 Å². The lowest BCUT2D eigenvalue weighted by molar-refractivity contribution is 0.390. The molecule has 0 saturated carbocycles. The van der Waals surface area contributed by atoms with E-state index in [1.165, 1.54) is 12.1 Å². The van der Waals surface area contributed by atoms with Crippen molar-refractivity contribution in [2.75, 3.05) is 12.3 Å². The Morgan fingerprint density at radius 2 is 2.00 bits per heavy atom. The summed E-state index contributed by atoms with van der Waals surface area (Å²) in [5.41, 5.74) is 0.764. The molecule has 0 aromatic heterocycles. The van der Waals surface area contributed by atoms with Gasteiger partial charge in [0.15, 0.2) is 5.17 Å². The first-order valence-corrected chi connectivity index (χ1v) is 7.90. The van der Waals surface area contributed by atoms with Crippen LogP contribution < -0.4 is 5.32 Å². The van der Waals surface area contributed by atoms with Crippen LogP contribution in [0, 0.1) is 11.6 Å². The van der Waals surface area contributed by atoms with Gasteiger partial charge in [-0.3, -0.25) is 4.99 Å². The summed E-state index contributed by atoms with van der Waals surface area (Å²) < 4.78 is 26.1. The van der Waals surface area contributed by atoms with Gasteiger partial charge in [-0.25, -0.2) is 8.78 Å². The number of thioether (sulfide) groups is 1. The van der Waals surface area contributed by atoms with E-state index in [1.54, 1.807) is 11.8 Å². The number of hydrogen-bond acceptors (Lipinski definition) is 2. The molecule has 2 rings (SSSR count). The fourth-order valence-corrected chi connectivity index (χ4v) is 3.37. The second-order valence-electron chi connectivity index (χ2n) is 5.35. The Bertz CT molecular complexity index is 484. The van der Waals surface area contributed by atoms with Crippen LogP contribution in [0.15, 0.2) is 23.2 Å². The van der Waals surface area contributed by atoms with Gasteiger partial charge in [-0.15, -0.1) is 0 Å². The number of aliphatic imine (C=N–C) groups is 1. The van der Waals surface area contributed by atoms with Crippen molar-refractivity contribution in [3.05, 3.63) is 35.4 Å². The Balaban J connectivity index is 1.92. The Morgan fingerprint density at radius 1 is 1.30 bits per heavy atom. The predicted molar refractivity (Wildman–Crippen MR) is 81.3 cm³/mol. The first-order chi connectivity index (χ1) is 9.50. The van der Waals surface area contributed by atoms with Crippen LogP contribution in [-0.2, 0) is 6.42 Å². The van der Waals surface area contributed by atoms with Gasteiger partial charge in [-0.1, -0.05) is 18.7 Å². The van der Waals surface area contributed by atoms with Crippen LogP contribution in [0.2, 0.25) is 0 Å². The molecule has 20 heavy (non-hydrogen) atoms. The number of rotatable bonds is 4. The van der Waals surface area contributed by atoms with Crippen molar-refractivity contribution in [3.8, 4) is 0 Å². The molecule has 1 unspecified atom stereocenters. The summed E-state index contributed by atoms with van der Waals surface area (Å²) in [6, 6.07) is 3.61. The van der Waals surface area contributed by atoms with E-state index in [0.29, 0.717) is 18.5 Å². The highest BCUT2D eigenvalue weighted by Gasteiger charge is 2.27. The molecule has 1 aromatic rings. The number of amidine groups is 1. The summed E-state index contributed by atoms with van der Waals surface area (Å²) >= 11 is 1.71. The van der Waals surface area contributed by atoms with Crippen LogP contribution in [0.4, 0.5) is 8.78 Å². The third-order valence-electron chi connectivity index (χ3n) is 3.66. The van der Waals surface area contributed by atoms with Gasteiger partial charge in [0.1, 0.15) is 11.6 Å².